The molecule has 26 heavy (non-hydrogen) atoms. The lowest BCUT2D eigenvalue weighted by atomic mass is 10.0. The molecule has 0 aromatic heterocycles. The number of benzene rings is 1. The molecule has 4 amide bonds. The van der Waals surface area contributed by atoms with E-state index in [1.54, 1.807) is 17.0 Å². The number of hydrogen-bond acceptors (Lipinski definition) is 4. The van der Waals surface area contributed by atoms with Crippen LogP contribution < -0.4 is 10.2 Å². The first-order valence-corrected chi connectivity index (χ1v) is 9.27. The highest BCUT2D eigenvalue weighted by Crippen LogP contribution is 2.26. The Morgan fingerprint density at radius 1 is 1.15 bits per heavy atom. The first kappa shape index (κ1) is 18.4. The van der Waals surface area contributed by atoms with Crippen LogP contribution in [0.3, 0.4) is 0 Å². The summed E-state index contributed by atoms with van der Waals surface area (Å²) >= 11 is 0. The predicted molar refractivity (Wildman–Crippen MR) is 98.8 cm³/mol. The Bertz CT molecular complexity index is 656. The third-order valence-corrected chi connectivity index (χ3v) is 4.94. The average Bonchev–Trinajstić information content (AvgIpc) is 2.95. The maximum absolute atomic E-state index is 12.7. The molecule has 0 spiro atoms. The molecule has 0 atom stereocenters. The summed E-state index contributed by atoms with van der Waals surface area (Å²) in [5, 5.41) is 2.89. The predicted octanol–water partition coefficient (Wildman–Crippen LogP) is 1.45. The summed E-state index contributed by atoms with van der Waals surface area (Å²) in [5.74, 6) is -0.129. The molecule has 7 heteroatoms. The van der Waals surface area contributed by atoms with Crippen molar-refractivity contribution in [2.45, 2.75) is 32.2 Å². The summed E-state index contributed by atoms with van der Waals surface area (Å²) in [7, 11) is 0. The van der Waals surface area contributed by atoms with Gasteiger partial charge in [0.05, 0.1) is 12.2 Å². The quantitative estimate of drug-likeness (QED) is 0.781. The standard InChI is InChI=1S/C19H26N4O3/c1-2-10-20-17(24)13-21-11-8-15(9-12-21)22-14-18(25)23(19(22)26)16-6-4-3-5-7-16/h3-7,15H,2,8-14H2,1H3,(H,20,24). The van der Waals surface area contributed by atoms with E-state index in [1.807, 2.05) is 25.1 Å². The molecular formula is C19H26N4O3. The van der Waals surface area contributed by atoms with Gasteiger partial charge in [0.1, 0.15) is 6.54 Å². The smallest absolute Gasteiger partial charge is 0.332 e. The lowest BCUT2D eigenvalue weighted by Gasteiger charge is -2.35. The number of carbonyl (C=O) groups excluding carboxylic acids is 3. The number of carbonyl (C=O) groups is 3. The highest BCUT2D eigenvalue weighted by Gasteiger charge is 2.41. The Hall–Kier alpha value is -2.41. The van der Waals surface area contributed by atoms with Gasteiger partial charge in [-0.1, -0.05) is 25.1 Å². The van der Waals surface area contributed by atoms with Gasteiger partial charge in [0.25, 0.3) is 5.91 Å². The van der Waals surface area contributed by atoms with Gasteiger partial charge >= 0.3 is 6.03 Å². The zero-order valence-corrected chi connectivity index (χ0v) is 15.2. The monoisotopic (exact) mass is 358 g/mol. The maximum atomic E-state index is 12.7. The van der Waals surface area contributed by atoms with E-state index in [9.17, 15) is 14.4 Å². The Labute approximate surface area is 153 Å². The van der Waals surface area contributed by atoms with Crippen molar-refractivity contribution in [1.29, 1.82) is 0 Å². The number of anilines is 1. The van der Waals surface area contributed by atoms with Crippen molar-refractivity contribution in [2.75, 3.05) is 37.6 Å². The summed E-state index contributed by atoms with van der Waals surface area (Å²) in [6.07, 6.45) is 2.49. The van der Waals surface area contributed by atoms with Gasteiger partial charge in [-0.05, 0) is 31.4 Å². The molecule has 2 aliphatic heterocycles. The normalized spacial score (nSPS) is 19.3. The highest BCUT2D eigenvalue weighted by atomic mass is 16.2. The lowest BCUT2D eigenvalue weighted by Crippen LogP contribution is -2.48. The topological polar surface area (TPSA) is 73.0 Å². The Morgan fingerprint density at radius 3 is 2.50 bits per heavy atom. The number of likely N-dealkylation sites (tertiary alicyclic amines) is 1. The summed E-state index contributed by atoms with van der Waals surface area (Å²) in [4.78, 5) is 42.0. The van der Waals surface area contributed by atoms with Crippen molar-refractivity contribution >= 4 is 23.5 Å². The van der Waals surface area contributed by atoms with Crippen molar-refractivity contribution in [1.82, 2.24) is 15.1 Å². The minimum absolute atomic E-state index is 0.0491. The first-order chi connectivity index (χ1) is 12.6. The van der Waals surface area contributed by atoms with Gasteiger partial charge in [0, 0.05) is 25.7 Å². The molecule has 7 nitrogen and oxygen atoms in total. The summed E-state index contributed by atoms with van der Waals surface area (Å²) in [5.41, 5.74) is 0.620. The van der Waals surface area contributed by atoms with E-state index in [0.29, 0.717) is 18.8 Å². The van der Waals surface area contributed by atoms with Crippen LogP contribution in [0.25, 0.3) is 0 Å². The molecule has 0 aliphatic carbocycles. The van der Waals surface area contributed by atoms with Gasteiger partial charge in [-0.15, -0.1) is 0 Å². The second-order valence-electron chi connectivity index (χ2n) is 6.83. The third kappa shape index (κ3) is 4.04. The van der Waals surface area contributed by atoms with Gasteiger partial charge in [-0.25, -0.2) is 9.69 Å². The van der Waals surface area contributed by atoms with E-state index in [0.717, 1.165) is 32.4 Å². The molecule has 2 saturated heterocycles. The van der Waals surface area contributed by atoms with Crippen molar-refractivity contribution in [3.8, 4) is 0 Å². The van der Waals surface area contributed by atoms with Crippen LogP contribution in [0.15, 0.2) is 30.3 Å². The van der Waals surface area contributed by atoms with Crippen LogP contribution in [-0.2, 0) is 9.59 Å². The fraction of sp³-hybridized carbons (Fsp3) is 0.526. The van der Waals surface area contributed by atoms with Gasteiger partial charge in [0.15, 0.2) is 0 Å². The number of hydrogen-bond donors (Lipinski definition) is 1. The third-order valence-electron chi connectivity index (χ3n) is 4.94. The lowest BCUT2D eigenvalue weighted by molar-refractivity contribution is -0.122. The van der Waals surface area contributed by atoms with Crippen LogP contribution in [0, 0.1) is 0 Å². The number of nitrogens with zero attached hydrogens (tertiary/aromatic N) is 3. The minimum Gasteiger partial charge on any atom is -0.355 e. The summed E-state index contributed by atoms with van der Waals surface area (Å²) in [6.45, 7) is 4.78. The van der Waals surface area contributed by atoms with E-state index >= 15 is 0 Å². The zero-order chi connectivity index (χ0) is 18.5. The molecule has 1 N–H and O–H groups in total. The van der Waals surface area contributed by atoms with Crippen molar-refractivity contribution < 1.29 is 14.4 Å². The fourth-order valence-corrected chi connectivity index (χ4v) is 3.55. The fourth-order valence-electron chi connectivity index (χ4n) is 3.55. The Balaban J connectivity index is 1.54. The van der Waals surface area contributed by atoms with Crippen LogP contribution in [0.1, 0.15) is 26.2 Å². The molecule has 3 rings (SSSR count). The molecule has 2 fully saturated rings. The van der Waals surface area contributed by atoms with E-state index in [2.05, 4.69) is 10.2 Å². The van der Waals surface area contributed by atoms with Crippen molar-refractivity contribution in [2.24, 2.45) is 0 Å². The van der Waals surface area contributed by atoms with Crippen LogP contribution >= 0.6 is 0 Å². The zero-order valence-electron chi connectivity index (χ0n) is 15.2. The molecule has 1 aromatic carbocycles. The SMILES string of the molecule is CCCNC(=O)CN1CCC(N2CC(=O)N(c3ccccc3)C2=O)CC1. The van der Waals surface area contributed by atoms with E-state index in [1.165, 1.54) is 4.90 Å². The molecule has 0 radical (unpaired) electrons. The largest absolute Gasteiger partial charge is 0.355 e. The van der Waals surface area contributed by atoms with E-state index in [4.69, 9.17) is 0 Å². The number of piperidine rings is 1. The first-order valence-electron chi connectivity index (χ1n) is 9.27. The molecule has 1 aromatic rings. The van der Waals surface area contributed by atoms with Gasteiger partial charge in [0.2, 0.25) is 5.91 Å². The van der Waals surface area contributed by atoms with Crippen molar-refractivity contribution in [3.63, 3.8) is 0 Å². The highest BCUT2D eigenvalue weighted by molar-refractivity contribution is 6.19. The number of nitrogens with one attached hydrogen (secondary N) is 1. The van der Waals surface area contributed by atoms with Gasteiger partial charge in [-0.2, -0.15) is 0 Å². The number of imide groups is 1. The summed E-state index contributed by atoms with van der Waals surface area (Å²) < 4.78 is 0. The minimum atomic E-state index is -0.236. The van der Waals surface area contributed by atoms with Crippen LogP contribution in [-0.4, -0.2) is 66.4 Å². The molecule has 140 valence electrons. The van der Waals surface area contributed by atoms with Gasteiger partial charge < -0.3 is 10.2 Å². The molecule has 2 heterocycles. The molecule has 0 bridgehead atoms. The molecule has 2 aliphatic rings. The van der Waals surface area contributed by atoms with E-state index < -0.39 is 0 Å². The average molecular weight is 358 g/mol. The number of para-hydroxylation sites is 1. The Kier molecular flexibility index (Phi) is 5.88. The molecule has 0 saturated carbocycles. The second kappa shape index (κ2) is 8.31. The number of amides is 4. The van der Waals surface area contributed by atoms with Crippen LogP contribution in [0.2, 0.25) is 0 Å². The second-order valence-corrected chi connectivity index (χ2v) is 6.83. The van der Waals surface area contributed by atoms with Crippen LogP contribution in [0.4, 0.5) is 10.5 Å². The number of urea groups is 1. The van der Waals surface area contributed by atoms with Crippen molar-refractivity contribution in [3.05, 3.63) is 30.3 Å². The van der Waals surface area contributed by atoms with Crippen LogP contribution in [0.5, 0.6) is 0 Å². The molecular weight excluding hydrogens is 332 g/mol. The van der Waals surface area contributed by atoms with E-state index in [-0.39, 0.29) is 30.4 Å². The maximum Gasteiger partial charge on any atom is 0.332 e. The summed E-state index contributed by atoms with van der Waals surface area (Å²) in [6, 6.07) is 8.86. The number of rotatable bonds is 6. The Morgan fingerprint density at radius 2 is 1.85 bits per heavy atom. The van der Waals surface area contributed by atoms with Gasteiger partial charge in [-0.3, -0.25) is 14.5 Å². The molecule has 0 unspecified atom stereocenters.